The number of benzene rings is 1. The average Bonchev–Trinajstić information content (AvgIpc) is 3.07. The quantitative estimate of drug-likeness (QED) is 0.805. The molecule has 0 saturated heterocycles. The van der Waals surface area contributed by atoms with Gasteiger partial charge in [-0.05, 0) is 37.0 Å². The molecule has 3 nitrogen and oxygen atoms in total. The minimum Gasteiger partial charge on any atom is -0.261 e. The molecule has 1 fully saturated rings. The Morgan fingerprint density at radius 1 is 1.25 bits per heavy atom. The number of nitriles is 1. The molecule has 0 unspecified atom stereocenters. The highest BCUT2D eigenvalue weighted by atomic mass is 35.5. The summed E-state index contributed by atoms with van der Waals surface area (Å²) in [5.41, 5.74) is 1.41. The van der Waals surface area contributed by atoms with Crippen LogP contribution in [0, 0.1) is 17.2 Å². The molecule has 0 N–H and O–H groups in total. The monoisotopic (exact) mass is 307 g/mol. The molecule has 1 saturated carbocycles. The van der Waals surface area contributed by atoms with Crippen molar-refractivity contribution in [2.45, 2.75) is 38.1 Å². The standard InChI is InChI=1S/C15H15Cl2N3/c16-13-7-12(6-5-11(13)9-18)20-14(8-15(17)19-20)10-3-1-2-4-10/h5-7,10,14H,1-4,8H2/t14-/m0/s1. The van der Waals surface area contributed by atoms with Crippen molar-refractivity contribution < 1.29 is 0 Å². The van der Waals surface area contributed by atoms with Crippen molar-refractivity contribution in [1.29, 1.82) is 5.26 Å². The van der Waals surface area contributed by atoms with E-state index < -0.39 is 0 Å². The Morgan fingerprint density at radius 2 is 2.00 bits per heavy atom. The van der Waals surface area contributed by atoms with E-state index in [1.165, 1.54) is 25.7 Å². The first-order valence-corrected chi connectivity index (χ1v) is 7.66. The van der Waals surface area contributed by atoms with Gasteiger partial charge in [-0.3, -0.25) is 5.01 Å². The summed E-state index contributed by atoms with van der Waals surface area (Å²) in [6.07, 6.45) is 5.88. The van der Waals surface area contributed by atoms with Crippen molar-refractivity contribution in [3.8, 4) is 6.07 Å². The van der Waals surface area contributed by atoms with E-state index in [2.05, 4.69) is 11.2 Å². The van der Waals surface area contributed by atoms with Crippen LogP contribution in [0.1, 0.15) is 37.7 Å². The SMILES string of the molecule is N#Cc1ccc(N2N=C(Cl)C[C@H]2C2CCCC2)cc1Cl. The number of hydrogen-bond donors (Lipinski definition) is 0. The van der Waals surface area contributed by atoms with Crippen LogP contribution in [0.3, 0.4) is 0 Å². The predicted molar refractivity (Wildman–Crippen MR) is 82.3 cm³/mol. The summed E-state index contributed by atoms with van der Waals surface area (Å²) < 4.78 is 0. The molecule has 1 aliphatic carbocycles. The third-order valence-electron chi connectivity index (χ3n) is 4.19. The molecule has 0 amide bonds. The fraction of sp³-hybridized carbons (Fsp3) is 0.467. The Bertz CT molecular complexity index is 585. The first kappa shape index (κ1) is 13.7. The molecule has 0 radical (unpaired) electrons. The molecular formula is C15H15Cl2N3. The largest absolute Gasteiger partial charge is 0.261 e. The minimum absolute atomic E-state index is 0.328. The maximum atomic E-state index is 8.94. The second-order valence-electron chi connectivity index (χ2n) is 5.41. The summed E-state index contributed by atoms with van der Waals surface area (Å²) in [6.45, 7) is 0. The summed E-state index contributed by atoms with van der Waals surface area (Å²) in [4.78, 5) is 0. The van der Waals surface area contributed by atoms with Gasteiger partial charge in [-0.1, -0.05) is 36.0 Å². The topological polar surface area (TPSA) is 39.4 Å². The highest BCUT2D eigenvalue weighted by Gasteiger charge is 2.35. The normalized spacial score (nSPS) is 22.9. The van der Waals surface area contributed by atoms with Gasteiger partial charge in [0.1, 0.15) is 11.2 Å². The van der Waals surface area contributed by atoms with Crippen molar-refractivity contribution in [2.24, 2.45) is 11.0 Å². The van der Waals surface area contributed by atoms with E-state index in [0.717, 1.165) is 12.1 Å². The number of rotatable bonds is 2. The Kier molecular flexibility index (Phi) is 3.87. The third-order valence-corrected chi connectivity index (χ3v) is 4.73. The van der Waals surface area contributed by atoms with E-state index in [-0.39, 0.29) is 0 Å². The molecule has 20 heavy (non-hydrogen) atoms. The van der Waals surface area contributed by atoms with Crippen LogP contribution in [0.5, 0.6) is 0 Å². The molecule has 2 aliphatic rings. The van der Waals surface area contributed by atoms with Crippen LogP contribution in [0.2, 0.25) is 5.02 Å². The van der Waals surface area contributed by atoms with E-state index in [1.807, 2.05) is 11.1 Å². The van der Waals surface area contributed by atoms with Gasteiger partial charge in [-0.15, -0.1) is 0 Å². The summed E-state index contributed by atoms with van der Waals surface area (Å²) in [5.74, 6) is 0.643. The van der Waals surface area contributed by atoms with Crippen molar-refractivity contribution in [3.05, 3.63) is 28.8 Å². The second-order valence-corrected chi connectivity index (χ2v) is 6.26. The lowest BCUT2D eigenvalue weighted by Gasteiger charge is -2.28. The van der Waals surface area contributed by atoms with E-state index >= 15 is 0 Å². The Hall–Kier alpha value is -1.24. The van der Waals surface area contributed by atoms with Crippen molar-refractivity contribution >= 4 is 34.1 Å². The molecule has 1 heterocycles. The highest BCUT2D eigenvalue weighted by molar-refractivity contribution is 6.65. The van der Waals surface area contributed by atoms with Crippen molar-refractivity contribution in [3.63, 3.8) is 0 Å². The number of hydrogen-bond acceptors (Lipinski definition) is 3. The lowest BCUT2D eigenvalue weighted by Crippen LogP contribution is -2.32. The molecule has 0 spiro atoms. The van der Waals surface area contributed by atoms with E-state index in [4.69, 9.17) is 28.5 Å². The highest BCUT2D eigenvalue weighted by Crippen LogP contribution is 2.38. The molecule has 0 bridgehead atoms. The summed E-state index contributed by atoms with van der Waals surface area (Å²) in [5, 5.41) is 16.5. The zero-order chi connectivity index (χ0) is 14.1. The zero-order valence-electron chi connectivity index (χ0n) is 11.0. The summed E-state index contributed by atoms with van der Waals surface area (Å²) in [7, 11) is 0. The van der Waals surface area contributed by atoms with Crippen LogP contribution < -0.4 is 5.01 Å². The maximum absolute atomic E-state index is 8.94. The molecule has 1 aromatic rings. The maximum Gasteiger partial charge on any atom is 0.128 e. The van der Waals surface area contributed by atoms with Gasteiger partial charge in [-0.25, -0.2) is 0 Å². The van der Waals surface area contributed by atoms with Crippen LogP contribution >= 0.6 is 23.2 Å². The lowest BCUT2D eigenvalue weighted by atomic mass is 9.95. The molecule has 104 valence electrons. The smallest absolute Gasteiger partial charge is 0.128 e. The van der Waals surface area contributed by atoms with Gasteiger partial charge in [0, 0.05) is 6.42 Å². The van der Waals surface area contributed by atoms with Gasteiger partial charge in [0.05, 0.1) is 22.3 Å². The average molecular weight is 308 g/mol. The third kappa shape index (κ3) is 2.51. The minimum atomic E-state index is 0.328. The van der Waals surface area contributed by atoms with Gasteiger partial charge in [-0.2, -0.15) is 10.4 Å². The van der Waals surface area contributed by atoms with E-state index in [0.29, 0.717) is 27.7 Å². The summed E-state index contributed by atoms with van der Waals surface area (Å²) in [6, 6.07) is 7.85. The van der Waals surface area contributed by atoms with Crippen LogP contribution in [0.4, 0.5) is 5.69 Å². The lowest BCUT2D eigenvalue weighted by molar-refractivity contribution is 0.431. The molecule has 1 aromatic carbocycles. The fourth-order valence-electron chi connectivity index (χ4n) is 3.19. The van der Waals surface area contributed by atoms with Crippen LogP contribution in [0.25, 0.3) is 0 Å². The van der Waals surface area contributed by atoms with Gasteiger partial charge in [0.15, 0.2) is 0 Å². The number of halogens is 2. The van der Waals surface area contributed by atoms with Gasteiger partial charge >= 0.3 is 0 Å². The van der Waals surface area contributed by atoms with Crippen molar-refractivity contribution in [1.82, 2.24) is 0 Å². The molecule has 0 aromatic heterocycles. The predicted octanol–water partition coefficient (Wildman–Crippen LogP) is 4.53. The van der Waals surface area contributed by atoms with Crippen LogP contribution in [-0.4, -0.2) is 11.2 Å². The molecular weight excluding hydrogens is 293 g/mol. The second kappa shape index (κ2) is 5.63. The van der Waals surface area contributed by atoms with E-state index in [9.17, 15) is 0 Å². The van der Waals surface area contributed by atoms with Crippen molar-refractivity contribution in [2.75, 3.05) is 5.01 Å². The Balaban J connectivity index is 1.90. The molecule has 1 aliphatic heterocycles. The first-order chi connectivity index (χ1) is 9.69. The fourth-order valence-corrected chi connectivity index (χ4v) is 3.64. The summed E-state index contributed by atoms with van der Waals surface area (Å²) >= 11 is 12.3. The molecule has 1 atom stereocenters. The Labute approximate surface area is 128 Å². The number of nitrogens with zero attached hydrogens (tertiary/aromatic N) is 3. The Morgan fingerprint density at radius 3 is 2.65 bits per heavy atom. The van der Waals surface area contributed by atoms with Gasteiger partial charge in [0.2, 0.25) is 0 Å². The van der Waals surface area contributed by atoms with Gasteiger partial charge < -0.3 is 0 Å². The number of anilines is 1. The van der Waals surface area contributed by atoms with E-state index in [1.54, 1.807) is 12.1 Å². The van der Waals surface area contributed by atoms with Gasteiger partial charge in [0.25, 0.3) is 0 Å². The van der Waals surface area contributed by atoms with Crippen LogP contribution in [-0.2, 0) is 0 Å². The number of hydrazone groups is 1. The first-order valence-electron chi connectivity index (χ1n) is 6.91. The zero-order valence-corrected chi connectivity index (χ0v) is 12.5. The molecule has 3 rings (SSSR count). The van der Waals surface area contributed by atoms with Crippen LogP contribution in [0.15, 0.2) is 23.3 Å². The molecule has 5 heteroatoms.